The highest BCUT2D eigenvalue weighted by molar-refractivity contribution is 9.10. The normalized spacial score (nSPS) is 13.8. The van der Waals surface area contributed by atoms with Gasteiger partial charge in [0.15, 0.2) is 0 Å². The number of esters is 1. The van der Waals surface area contributed by atoms with Crippen LogP contribution in [0, 0.1) is 10.1 Å². The maximum absolute atomic E-state index is 11.5. The van der Waals surface area contributed by atoms with E-state index in [4.69, 9.17) is 0 Å². The van der Waals surface area contributed by atoms with Crippen molar-refractivity contribution in [2.45, 2.75) is 17.7 Å². The van der Waals surface area contributed by atoms with Crippen LogP contribution in [-0.4, -0.2) is 22.3 Å². The Morgan fingerprint density at radius 2 is 2.24 bits per heavy atom. The number of alkyl halides is 1. The molecule has 1 atom stereocenters. The molecule has 17 heavy (non-hydrogen) atoms. The van der Waals surface area contributed by atoms with Gasteiger partial charge in [-0.05, 0) is 18.9 Å². The van der Waals surface area contributed by atoms with Crippen LogP contribution in [0.4, 0.5) is 5.69 Å². The summed E-state index contributed by atoms with van der Waals surface area (Å²) in [6, 6.07) is 6.18. The molecule has 1 unspecified atom stereocenters. The fraction of sp³-hybridized carbons (Fsp3) is 0.364. The number of non-ortho nitro benzene ring substituents is 1. The number of methoxy groups -OCH3 is 1. The van der Waals surface area contributed by atoms with Crippen molar-refractivity contribution < 1.29 is 14.5 Å². The predicted molar refractivity (Wildman–Crippen MR) is 66.1 cm³/mol. The maximum atomic E-state index is 11.5. The molecule has 0 saturated carbocycles. The number of rotatable bonds is 4. The van der Waals surface area contributed by atoms with Crippen molar-refractivity contribution in [3.8, 4) is 0 Å². The Bertz CT molecular complexity index is 445. The zero-order chi connectivity index (χ0) is 13.1. The van der Waals surface area contributed by atoms with Crippen molar-refractivity contribution in [2.75, 3.05) is 7.11 Å². The van der Waals surface area contributed by atoms with Gasteiger partial charge in [-0.2, -0.15) is 0 Å². The van der Waals surface area contributed by atoms with E-state index in [1.165, 1.54) is 19.2 Å². The Labute approximate surface area is 107 Å². The SMILES string of the molecule is COC(=O)C(C)(Br)Cc1cccc([N+](=O)[O-])c1. The van der Waals surface area contributed by atoms with Gasteiger partial charge in [0.1, 0.15) is 4.32 Å². The van der Waals surface area contributed by atoms with E-state index < -0.39 is 15.2 Å². The fourth-order valence-corrected chi connectivity index (χ4v) is 1.93. The van der Waals surface area contributed by atoms with Gasteiger partial charge >= 0.3 is 5.97 Å². The molecule has 0 spiro atoms. The number of ether oxygens (including phenoxy) is 1. The Morgan fingerprint density at radius 3 is 2.76 bits per heavy atom. The van der Waals surface area contributed by atoms with Crippen LogP contribution in [0.2, 0.25) is 0 Å². The second-order valence-corrected chi connectivity index (χ2v) is 5.54. The van der Waals surface area contributed by atoms with Crippen molar-refractivity contribution in [3.05, 3.63) is 39.9 Å². The molecule has 0 heterocycles. The van der Waals surface area contributed by atoms with Crippen LogP contribution in [0.5, 0.6) is 0 Å². The van der Waals surface area contributed by atoms with Gasteiger partial charge in [0.2, 0.25) is 0 Å². The van der Waals surface area contributed by atoms with E-state index in [2.05, 4.69) is 20.7 Å². The van der Waals surface area contributed by atoms with Gasteiger partial charge in [-0.1, -0.05) is 28.1 Å². The lowest BCUT2D eigenvalue weighted by Crippen LogP contribution is -2.31. The van der Waals surface area contributed by atoms with Gasteiger partial charge in [-0.15, -0.1) is 0 Å². The molecule has 92 valence electrons. The molecule has 0 N–H and O–H groups in total. The molecule has 0 saturated heterocycles. The maximum Gasteiger partial charge on any atom is 0.322 e. The summed E-state index contributed by atoms with van der Waals surface area (Å²) < 4.78 is 3.77. The summed E-state index contributed by atoms with van der Waals surface area (Å²) in [5.74, 6) is -0.413. The highest BCUT2D eigenvalue weighted by Gasteiger charge is 2.31. The second kappa shape index (κ2) is 5.27. The number of carbonyl (C=O) groups excluding carboxylic acids is 1. The number of nitro groups is 1. The summed E-state index contributed by atoms with van der Waals surface area (Å²) >= 11 is 3.26. The number of halogens is 1. The van der Waals surface area contributed by atoms with Crippen LogP contribution in [0.15, 0.2) is 24.3 Å². The molecule has 0 aliphatic heterocycles. The molecule has 0 amide bonds. The summed E-state index contributed by atoms with van der Waals surface area (Å²) in [6.45, 7) is 1.66. The molecule has 0 fully saturated rings. The molecule has 0 aliphatic carbocycles. The van der Waals surface area contributed by atoms with Crippen molar-refractivity contribution >= 4 is 27.6 Å². The third kappa shape index (κ3) is 3.52. The van der Waals surface area contributed by atoms with E-state index in [-0.39, 0.29) is 5.69 Å². The zero-order valence-electron chi connectivity index (χ0n) is 9.47. The minimum Gasteiger partial charge on any atom is -0.468 e. The monoisotopic (exact) mass is 301 g/mol. The minimum atomic E-state index is -0.878. The zero-order valence-corrected chi connectivity index (χ0v) is 11.1. The molecule has 1 aromatic carbocycles. The molecule has 0 aliphatic rings. The van der Waals surface area contributed by atoms with Gasteiger partial charge in [-0.25, -0.2) is 0 Å². The average Bonchev–Trinajstić information content (AvgIpc) is 2.27. The predicted octanol–water partition coefficient (Wildman–Crippen LogP) is 2.46. The molecule has 1 rings (SSSR count). The number of carbonyl (C=O) groups is 1. The summed E-state index contributed by atoms with van der Waals surface area (Å²) in [5, 5.41) is 10.6. The first-order chi connectivity index (χ1) is 7.86. The molecule has 6 heteroatoms. The van der Waals surface area contributed by atoms with Gasteiger partial charge in [-0.3, -0.25) is 14.9 Å². The van der Waals surface area contributed by atoms with Crippen LogP contribution in [-0.2, 0) is 16.0 Å². The van der Waals surface area contributed by atoms with Crippen molar-refractivity contribution in [1.29, 1.82) is 0 Å². The van der Waals surface area contributed by atoms with Crippen LogP contribution < -0.4 is 0 Å². The van der Waals surface area contributed by atoms with Crippen LogP contribution in [0.3, 0.4) is 0 Å². The quantitative estimate of drug-likeness (QED) is 0.371. The van der Waals surface area contributed by atoms with E-state index in [1.807, 2.05) is 0 Å². The fourth-order valence-electron chi connectivity index (χ4n) is 1.45. The number of hydrogen-bond acceptors (Lipinski definition) is 4. The molecular weight excluding hydrogens is 290 g/mol. The van der Waals surface area contributed by atoms with E-state index in [0.29, 0.717) is 12.0 Å². The van der Waals surface area contributed by atoms with Gasteiger partial charge in [0.25, 0.3) is 5.69 Å². The van der Waals surface area contributed by atoms with Gasteiger partial charge < -0.3 is 4.74 Å². The van der Waals surface area contributed by atoms with E-state index in [0.717, 1.165) is 0 Å². The Morgan fingerprint density at radius 1 is 1.59 bits per heavy atom. The van der Waals surface area contributed by atoms with E-state index in [9.17, 15) is 14.9 Å². The van der Waals surface area contributed by atoms with Gasteiger partial charge in [0.05, 0.1) is 12.0 Å². The minimum absolute atomic E-state index is 0.00988. The summed E-state index contributed by atoms with van der Waals surface area (Å²) in [6.07, 6.45) is 0.321. The first kappa shape index (κ1) is 13.6. The third-order valence-electron chi connectivity index (χ3n) is 2.27. The lowest BCUT2D eigenvalue weighted by molar-refractivity contribution is -0.384. The molecule has 5 nitrogen and oxygen atoms in total. The van der Waals surface area contributed by atoms with Crippen LogP contribution in [0.25, 0.3) is 0 Å². The molecule has 0 aromatic heterocycles. The Hall–Kier alpha value is -1.43. The lowest BCUT2D eigenvalue weighted by atomic mass is 10.0. The van der Waals surface area contributed by atoms with Gasteiger partial charge in [0, 0.05) is 12.1 Å². The molecule has 1 aromatic rings. The summed E-state index contributed by atoms with van der Waals surface area (Å²) in [4.78, 5) is 21.6. The smallest absolute Gasteiger partial charge is 0.322 e. The lowest BCUT2D eigenvalue weighted by Gasteiger charge is -2.19. The van der Waals surface area contributed by atoms with Crippen molar-refractivity contribution in [1.82, 2.24) is 0 Å². The molecular formula is C11H12BrNO4. The van der Waals surface area contributed by atoms with Crippen LogP contribution >= 0.6 is 15.9 Å². The highest BCUT2D eigenvalue weighted by atomic mass is 79.9. The topological polar surface area (TPSA) is 69.4 Å². The number of nitro benzene ring substituents is 1. The summed E-state index contributed by atoms with van der Waals surface area (Å²) in [5.41, 5.74) is 0.708. The van der Waals surface area contributed by atoms with E-state index >= 15 is 0 Å². The first-order valence-corrected chi connectivity index (χ1v) is 5.67. The van der Waals surface area contributed by atoms with E-state index in [1.54, 1.807) is 19.1 Å². The Kier molecular flexibility index (Phi) is 4.22. The number of benzene rings is 1. The standard InChI is InChI=1S/C11H12BrNO4/c1-11(12,10(14)17-2)7-8-4-3-5-9(6-8)13(15)16/h3-6H,7H2,1-2H3. The summed E-state index contributed by atoms with van der Waals surface area (Å²) in [7, 11) is 1.30. The van der Waals surface area contributed by atoms with Crippen LogP contribution in [0.1, 0.15) is 12.5 Å². The molecule has 0 radical (unpaired) electrons. The number of nitrogens with zero attached hydrogens (tertiary/aromatic N) is 1. The van der Waals surface area contributed by atoms with Crippen molar-refractivity contribution in [2.24, 2.45) is 0 Å². The largest absolute Gasteiger partial charge is 0.468 e. The van der Waals surface area contributed by atoms with Crippen molar-refractivity contribution in [3.63, 3.8) is 0 Å². The highest BCUT2D eigenvalue weighted by Crippen LogP contribution is 2.26. The Balaban J connectivity index is 2.92. The second-order valence-electron chi connectivity index (χ2n) is 3.79. The molecule has 0 bridgehead atoms. The first-order valence-electron chi connectivity index (χ1n) is 4.87. The third-order valence-corrected chi connectivity index (χ3v) is 2.87. The average molecular weight is 302 g/mol. The number of hydrogen-bond donors (Lipinski definition) is 0.